The van der Waals surface area contributed by atoms with Crippen LogP contribution in [0.1, 0.15) is 12.5 Å². The zero-order valence-electron chi connectivity index (χ0n) is 14.4. The van der Waals surface area contributed by atoms with E-state index in [1.165, 1.54) is 6.92 Å². The van der Waals surface area contributed by atoms with E-state index >= 15 is 0 Å². The van der Waals surface area contributed by atoms with Crippen molar-refractivity contribution >= 4 is 17.3 Å². The number of nitrogens with zero attached hydrogens (tertiary/aromatic N) is 2. The predicted octanol–water partition coefficient (Wildman–Crippen LogP) is 0.572. The summed E-state index contributed by atoms with van der Waals surface area (Å²) in [6.45, 7) is 4.14. The molecule has 1 aliphatic rings. The van der Waals surface area contributed by atoms with Crippen molar-refractivity contribution in [2.75, 3.05) is 43.5 Å². The molecule has 1 fully saturated rings. The van der Waals surface area contributed by atoms with Crippen LogP contribution < -0.4 is 25.8 Å². The lowest BCUT2D eigenvalue weighted by atomic mass is 10.1. The number of ether oxygens (including phenoxy) is 1. The number of hydrogen-bond donors (Lipinski definition) is 1. The molecule has 1 N–H and O–H groups in total. The predicted molar refractivity (Wildman–Crippen MR) is 96.1 cm³/mol. The summed E-state index contributed by atoms with van der Waals surface area (Å²) in [5.74, 6) is 0.754. The minimum Gasteiger partial charge on any atom is -0.496 e. The maximum absolute atomic E-state index is 12.0. The summed E-state index contributed by atoms with van der Waals surface area (Å²) in [5, 5.41) is 3.08. The van der Waals surface area contributed by atoms with Crippen LogP contribution in [0.2, 0.25) is 0 Å². The average Bonchev–Trinajstić information content (AvgIpc) is 2.64. The van der Waals surface area contributed by atoms with Crippen LogP contribution in [0.15, 0.2) is 33.9 Å². The van der Waals surface area contributed by atoms with Crippen molar-refractivity contribution in [3.05, 3.63) is 50.3 Å². The molecular formula is C18H21N3O4. The van der Waals surface area contributed by atoms with Gasteiger partial charge >= 0.3 is 0 Å². The molecule has 25 heavy (non-hydrogen) atoms. The average molecular weight is 343 g/mol. The first-order chi connectivity index (χ1) is 12.0. The Balaban J connectivity index is 1.72. The highest BCUT2D eigenvalue weighted by molar-refractivity contribution is 5.77. The number of para-hydroxylation sites is 1. The third-order valence-electron chi connectivity index (χ3n) is 4.57. The maximum Gasteiger partial charge on any atom is 0.253 e. The van der Waals surface area contributed by atoms with E-state index in [0.717, 1.165) is 11.3 Å². The second-order valence-corrected chi connectivity index (χ2v) is 6.04. The highest BCUT2D eigenvalue weighted by atomic mass is 16.5. The van der Waals surface area contributed by atoms with E-state index in [1.54, 1.807) is 12.0 Å². The Kier molecular flexibility index (Phi) is 4.74. The zero-order chi connectivity index (χ0) is 18.0. The van der Waals surface area contributed by atoms with Crippen LogP contribution in [-0.2, 0) is 11.3 Å². The highest BCUT2D eigenvalue weighted by Gasteiger charge is 2.29. The third kappa shape index (κ3) is 3.22. The fourth-order valence-electron chi connectivity index (χ4n) is 3.12. The minimum atomic E-state index is -0.487. The van der Waals surface area contributed by atoms with Crippen LogP contribution in [0.3, 0.4) is 0 Å². The van der Waals surface area contributed by atoms with Crippen molar-refractivity contribution in [1.29, 1.82) is 0 Å². The molecule has 0 spiro atoms. The van der Waals surface area contributed by atoms with Crippen molar-refractivity contribution in [2.24, 2.45) is 0 Å². The lowest BCUT2D eigenvalue weighted by Gasteiger charge is -2.36. The van der Waals surface area contributed by atoms with Crippen molar-refractivity contribution in [3.63, 3.8) is 0 Å². The Bertz CT molecular complexity index is 846. The molecule has 0 aromatic heterocycles. The van der Waals surface area contributed by atoms with E-state index in [9.17, 15) is 14.4 Å². The van der Waals surface area contributed by atoms with Gasteiger partial charge in [0.2, 0.25) is 5.91 Å². The molecule has 2 aromatic rings. The summed E-state index contributed by atoms with van der Waals surface area (Å²) < 4.78 is 5.30. The summed E-state index contributed by atoms with van der Waals surface area (Å²) in [6, 6.07) is 7.52. The van der Waals surface area contributed by atoms with Gasteiger partial charge in [-0.05, 0) is 6.07 Å². The van der Waals surface area contributed by atoms with Crippen molar-refractivity contribution in [2.45, 2.75) is 13.5 Å². The lowest BCUT2D eigenvalue weighted by Crippen LogP contribution is -2.52. The standard InChI is InChI=1S/C18H21N3O4/c1-12(22)20-7-9-21(10-8-20)16-15(17(23)18(16)24)19-11-13-5-3-4-6-14(13)25-2/h3-6,19H,7-11H2,1-2H3. The SMILES string of the molecule is COc1ccccc1CNc1c(N2CCN(C(C)=O)CC2)c(=O)c1=O. The van der Waals surface area contributed by atoms with Crippen LogP contribution in [0.4, 0.5) is 11.4 Å². The summed E-state index contributed by atoms with van der Waals surface area (Å²) in [5.41, 5.74) is 0.748. The molecule has 0 aliphatic carbocycles. The minimum absolute atomic E-state index is 0.0270. The van der Waals surface area contributed by atoms with Crippen molar-refractivity contribution in [3.8, 4) is 5.75 Å². The Morgan fingerprint density at radius 3 is 2.44 bits per heavy atom. The van der Waals surface area contributed by atoms with Gasteiger partial charge in [-0.1, -0.05) is 18.2 Å². The van der Waals surface area contributed by atoms with Gasteiger partial charge in [0.05, 0.1) is 7.11 Å². The summed E-state index contributed by atoms with van der Waals surface area (Å²) in [4.78, 5) is 39.0. The normalized spacial score (nSPS) is 14.6. The van der Waals surface area contributed by atoms with E-state index in [4.69, 9.17) is 4.74 Å². The molecule has 0 radical (unpaired) electrons. The maximum atomic E-state index is 12.0. The fraction of sp³-hybridized carbons (Fsp3) is 0.389. The molecule has 0 atom stereocenters. The first-order valence-electron chi connectivity index (χ1n) is 8.22. The molecule has 2 aromatic carbocycles. The second kappa shape index (κ2) is 6.96. The van der Waals surface area contributed by atoms with Gasteiger partial charge in [-0.25, -0.2) is 0 Å². The Morgan fingerprint density at radius 1 is 1.12 bits per heavy atom. The van der Waals surface area contributed by atoms with Gasteiger partial charge in [0, 0.05) is 45.2 Å². The number of benzene rings is 1. The third-order valence-corrected chi connectivity index (χ3v) is 4.57. The molecule has 1 aliphatic heterocycles. The molecule has 0 saturated carbocycles. The molecule has 1 amide bonds. The molecule has 7 nitrogen and oxygen atoms in total. The van der Waals surface area contributed by atoms with Gasteiger partial charge < -0.3 is 19.9 Å². The number of amides is 1. The smallest absolute Gasteiger partial charge is 0.253 e. The van der Waals surface area contributed by atoms with Crippen LogP contribution in [0.25, 0.3) is 0 Å². The number of carbonyl (C=O) groups excluding carboxylic acids is 1. The molecule has 0 unspecified atom stereocenters. The molecule has 0 bridgehead atoms. The largest absolute Gasteiger partial charge is 0.496 e. The van der Waals surface area contributed by atoms with Crippen LogP contribution in [0.5, 0.6) is 5.75 Å². The molecular weight excluding hydrogens is 322 g/mol. The van der Waals surface area contributed by atoms with E-state index < -0.39 is 10.9 Å². The van der Waals surface area contributed by atoms with E-state index in [2.05, 4.69) is 5.32 Å². The van der Waals surface area contributed by atoms with E-state index in [0.29, 0.717) is 44.1 Å². The van der Waals surface area contributed by atoms with Gasteiger partial charge in [0.15, 0.2) is 0 Å². The summed E-state index contributed by atoms with van der Waals surface area (Å²) in [6.07, 6.45) is 0. The highest BCUT2D eigenvalue weighted by Crippen LogP contribution is 2.24. The number of piperazine rings is 1. The number of anilines is 2. The van der Waals surface area contributed by atoms with E-state index in [-0.39, 0.29) is 5.91 Å². The summed E-state index contributed by atoms with van der Waals surface area (Å²) in [7, 11) is 1.59. The molecule has 3 rings (SSSR count). The second-order valence-electron chi connectivity index (χ2n) is 6.04. The molecule has 7 heteroatoms. The number of carbonyl (C=O) groups is 1. The van der Waals surface area contributed by atoms with Crippen molar-refractivity contribution in [1.82, 2.24) is 4.90 Å². The van der Waals surface area contributed by atoms with Crippen LogP contribution >= 0.6 is 0 Å². The van der Waals surface area contributed by atoms with Gasteiger partial charge in [-0.2, -0.15) is 0 Å². The number of methoxy groups -OCH3 is 1. The monoisotopic (exact) mass is 343 g/mol. The zero-order valence-corrected chi connectivity index (χ0v) is 14.4. The van der Waals surface area contributed by atoms with Gasteiger partial charge in [0.25, 0.3) is 10.9 Å². The quantitative estimate of drug-likeness (QED) is 0.800. The molecule has 132 valence electrons. The lowest BCUT2D eigenvalue weighted by molar-refractivity contribution is -0.129. The Labute approximate surface area is 145 Å². The number of nitrogens with one attached hydrogen (secondary N) is 1. The Hall–Kier alpha value is -2.83. The van der Waals surface area contributed by atoms with Gasteiger partial charge in [-0.15, -0.1) is 0 Å². The van der Waals surface area contributed by atoms with E-state index in [1.807, 2.05) is 29.2 Å². The van der Waals surface area contributed by atoms with Crippen molar-refractivity contribution < 1.29 is 9.53 Å². The summed E-state index contributed by atoms with van der Waals surface area (Å²) >= 11 is 0. The topological polar surface area (TPSA) is 79.0 Å². The fourth-order valence-corrected chi connectivity index (χ4v) is 3.12. The molecule has 1 saturated heterocycles. The van der Waals surface area contributed by atoms with Crippen LogP contribution in [-0.4, -0.2) is 44.1 Å². The first-order valence-corrected chi connectivity index (χ1v) is 8.22. The first kappa shape index (κ1) is 17.0. The molecule has 1 heterocycles. The van der Waals surface area contributed by atoms with Gasteiger partial charge in [-0.3, -0.25) is 14.4 Å². The Morgan fingerprint density at radius 2 is 1.80 bits per heavy atom. The number of rotatable bonds is 5. The number of hydrogen-bond acceptors (Lipinski definition) is 6. The van der Waals surface area contributed by atoms with Gasteiger partial charge in [0.1, 0.15) is 17.1 Å². The van der Waals surface area contributed by atoms with Crippen LogP contribution in [0, 0.1) is 0 Å².